The van der Waals surface area contributed by atoms with E-state index in [1.807, 2.05) is 4.90 Å². The third kappa shape index (κ3) is 3.96. The molecule has 2 aromatic heterocycles. The maximum absolute atomic E-state index is 14.7. The number of benzene rings is 1. The van der Waals surface area contributed by atoms with Crippen LogP contribution in [0.25, 0.3) is 22.3 Å². The first kappa shape index (κ1) is 25.6. The lowest BCUT2D eigenvalue weighted by molar-refractivity contribution is -0.172. The standard InChI is InChI=1S/C29H31FN4O5/c1-3-29(38)21-10-24-26-19(13-34(24)27(36)20(21)14-39-28(29)37)17(18-9-15(2)22(30)11-23(18)32-26)5-4-8-33(16-6-7-16)25(35)12-31/h9-11,16,38H,3-8,12-14,31H2,1-2H3/t29-/m0/s1. The first-order valence-electron chi connectivity index (χ1n) is 13.5. The highest BCUT2D eigenvalue weighted by Crippen LogP contribution is 2.41. The average molecular weight is 535 g/mol. The zero-order chi connectivity index (χ0) is 27.6. The van der Waals surface area contributed by atoms with Crippen molar-refractivity contribution in [2.75, 3.05) is 13.1 Å². The molecule has 4 heterocycles. The van der Waals surface area contributed by atoms with Crippen LogP contribution in [0.1, 0.15) is 60.4 Å². The van der Waals surface area contributed by atoms with Gasteiger partial charge in [0.2, 0.25) is 5.91 Å². The van der Waals surface area contributed by atoms with Crippen LogP contribution < -0.4 is 11.3 Å². The van der Waals surface area contributed by atoms with Crippen LogP contribution in [-0.2, 0) is 39.5 Å². The van der Waals surface area contributed by atoms with Crippen molar-refractivity contribution >= 4 is 22.8 Å². The van der Waals surface area contributed by atoms with Gasteiger partial charge in [-0.05, 0) is 62.3 Å². The van der Waals surface area contributed by atoms with Gasteiger partial charge in [0.25, 0.3) is 5.56 Å². The second-order valence-electron chi connectivity index (χ2n) is 10.8. The van der Waals surface area contributed by atoms with E-state index in [9.17, 15) is 23.9 Å². The van der Waals surface area contributed by atoms with Crippen molar-refractivity contribution in [2.45, 2.75) is 70.7 Å². The molecule has 9 nitrogen and oxygen atoms in total. The van der Waals surface area contributed by atoms with E-state index in [4.69, 9.17) is 15.5 Å². The Labute approximate surface area is 224 Å². The number of carbonyl (C=O) groups is 2. The fourth-order valence-corrected chi connectivity index (χ4v) is 6.02. The van der Waals surface area contributed by atoms with Gasteiger partial charge >= 0.3 is 5.97 Å². The number of halogens is 1. The lowest BCUT2D eigenvalue weighted by atomic mass is 9.86. The minimum atomic E-state index is -1.92. The highest BCUT2D eigenvalue weighted by Gasteiger charge is 2.45. The van der Waals surface area contributed by atoms with Crippen molar-refractivity contribution in [2.24, 2.45) is 5.73 Å². The Hall–Kier alpha value is -3.63. The minimum Gasteiger partial charge on any atom is -0.458 e. The van der Waals surface area contributed by atoms with Gasteiger partial charge in [0.1, 0.15) is 12.4 Å². The Balaban J connectivity index is 1.47. The van der Waals surface area contributed by atoms with E-state index in [1.165, 1.54) is 6.07 Å². The van der Waals surface area contributed by atoms with Crippen molar-refractivity contribution in [3.8, 4) is 11.4 Å². The Morgan fingerprint density at radius 1 is 1.28 bits per heavy atom. The first-order chi connectivity index (χ1) is 18.7. The molecule has 6 rings (SSSR count). The Kier molecular flexibility index (Phi) is 6.07. The van der Waals surface area contributed by atoms with E-state index in [2.05, 4.69) is 0 Å². The first-order valence-corrected chi connectivity index (χ1v) is 13.5. The zero-order valence-corrected chi connectivity index (χ0v) is 22.1. The Morgan fingerprint density at radius 2 is 2.05 bits per heavy atom. The number of fused-ring (bicyclic) bond motifs is 5. The number of hydrogen-bond acceptors (Lipinski definition) is 7. The maximum Gasteiger partial charge on any atom is 0.343 e. The summed E-state index contributed by atoms with van der Waals surface area (Å²) in [6.07, 6.45) is 3.28. The van der Waals surface area contributed by atoms with Crippen molar-refractivity contribution in [1.29, 1.82) is 0 Å². The fraction of sp³-hybridized carbons (Fsp3) is 0.448. The van der Waals surface area contributed by atoms with E-state index in [0.29, 0.717) is 41.9 Å². The van der Waals surface area contributed by atoms with Crippen LogP contribution >= 0.6 is 0 Å². The summed E-state index contributed by atoms with van der Waals surface area (Å²) in [5.74, 6) is -1.22. The second-order valence-corrected chi connectivity index (χ2v) is 10.8. The molecule has 1 atom stereocenters. The van der Waals surface area contributed by atoms with Gasteiger partial charge in [-0.1, -0.05) is 6.92 Å². The molecule has 1 aliphatic carbocycles. The number of amides is 1. The lowest BCUT2D eigenvalue weighted by Gasteiger charge is -2.31. The largest absolute Gasteiger partial charge is 0.458 e. The predicted molar refractivity (Wildman–Crippen MR) is 141 cm³/mol. The summed E-state index contributed by atoms with van der Waals surface area (Å²) in [6.45, 7) is 3.95. The highest BCUT2D eigenvalue weighted by molar-refractivity contribution is 5.89. The maximum atomic E-state index is 14.7. The number of aromatic nitrogens is 2. The van der Waals surface area contributed by atoms with Gasteiger partial charge in [-0.25, -0.2) is 14.2 Å². The summed E-state index contributed by atoms with van der Waals surface area (Å²) in [7, 11) is 0. The van der Waals surface area contributed by atoms with Gasteiger partial charge in [0.05, 0.1) is 35.6 Å². The molecule has 3 aromatic rings. The molecule has 0 unspecified atom stereocenters. The normalized spacial score (nSPS) is 19.5. The lowest BCUT2D eigenvalue weighted by Crippen LogP contribution is -2.44. The van der Waals surface area contributed by atoms with E-state index < -0.39 is 11.6 Å². The molecule has 39 heavy (non-hydrogen) atoms. The molecular weight excluding hydrogens is 503 g/mol. The van der Waals surface area contributed by atoms with Crippen molar-refractivity contribution in [1.82, 2.24) is 14.5 Å². The van der Waals surface area contributed by atoms with Gasteiger partial charge in [-0.2, -0.15) is 0 Å². The highest BCUT2D eigenvalue weighted by atomic mass is 19.1. The third-order valence-corrected chi connectivity index (χ3v) is 8.39. The van der Waals surface area contributed by atoms with Crippen molar-refractivity contribution in [3.63, 3.8) is 0 Å². The SMILES string of the molecule is CC[C@@]1(O)C(=O)OCc2c1cc1n(c2=O)Cc2c-1nc1cc(F)c(C)cc1c2CCCN(C(=O)CN)C1CC1. The van der Waals surface area contributed by atoms with Crippen LogP contribution in [0.5, 0.6) is 0 Å². The van der Waals surface area contributed by atoms with Crippen LogP contribution in [0.15, 0.2) is 23.0 Å². The van der Waals surface area contributed by atoms with E-state index in [0.717, 1.165) is 29.4 Å². The summed E-state index contributed by atoms with van der Waals surface area (Å²) in [5, 5.41) is 12.0. The molecule has 3 N–H and O–H groups in total. The number of nitrogens with zero attached hydrogens (tertiary/aromatic N) is 3. The van der Waals surface area contributed by atoms with E-state index >= 15 is 0 Å². The molecule has 0 spiro atoms. The second kappa shape index (κ2) is 9.24. The van der Waals surface area contributed by atoms with Crippen LogP contribution in [0.4, 0.5) is 4.39 Å². The summed E-state index contributed by atoms with van der Waals surface area (Å²) in [5.41, 5.74) is 7.65. The fourth-order valence-electron chi connectivity index (χ4n) is 6.02. The number of rotatable bonds is 7. The summed E-state index contributed by atoms with van der Waals surface area (Å²) >= 11 is 0. The van der Waals surface area contributed by atoms with Gasteiger partial charge in [0.15, 0.2) is 5.60 Å². The van der Waals surface area contributed by atoms with Gasteiger partial charge in [-0.3, -0.25) is 9.59 Å². The number of aryl methyl sites for hydroxylation is 2. The molecule has 2 aliphatic heterocycles. The third-order valence-electron chi connectivity index (χ3n) is 8.39. The average Bonchev–Trinajstić information content (AvgIpc) is 3.70. The van der Waals surface area contributed by atoms with E-state index in [1.54, 1.807) is 30.5 Å². The van der Waals surface area contributed by atoms with Crippen LogP contribution in [-0.4, -0.2) is 50.6 Å². The summed E-state index contributed by atoms with van der Waals surface area (Å²) in [4.78, 5) is 45.1. The topological polar surface area (TPSA) is 128 Å². The van der Waals surface area contributed by atoms with Crippen LogP contribution in [0.3, 0.4) is 0 Å². The van der Waals surface area contributed by atoms with Crippen LogP contribution in [0.2, 0.25) is 0 Å². The molecule has 1 amide bonds. The monoisotopic (exact) mass is 534 g/mol. The zero-order valence-electron chi connectivity index (χ0n) is 22.1. The van der Waals surface area contributed by atoms with Gasteiger partial charge in [0, 0.05) is 35.2 Å². The molecule has 0 saturated heterocycles. The number of nitrogens with two attached hydrogens (primary N) is 1. The molecule has 1 fully saturated rings. The van der Waals surface area contributed by atoms with Gasteiger partial charge < -0.3 is 25.0 Å². The molecule has 204 valence electrons. The molecule has 0 bridgehead atoms. The number of pyridine rings is 2. The van der Waals surface area contributed by atoms with Crippen molar-refractivity contribution in [3.05, 3.63) is 62.2 Å². The Bertz CT molecular complexity index is 1610. The molecular formula is C29H31FN4O5. The van der Waals surface area contributed by atoms with E-state index in [-0.39, 0.29) is 60.6 Å². The Morgan fingerprint density at radius 3 is 2.74 bits per heavy atom. The molecule has 3 aliphatic rings. The van der Waals surface area contributed by atoms with Crippen LogP contribution in [0, 0.1) is 12.7 Å². The summed E-state index contributed by atoms with van der Waals surface area (Å²) in [6, 6.07) is 5.10. The quantitative estimate of drug-likeness (QED) is 0.349. The minimum absolute atomic E-state index is 0.0260. The predicted octanol–water partition coefficient (Wildman–Crippen LogP) is 2.41. The molecule has 1 saturated carbocycles. The molecule has 10 heteroatoms. The summed E-state index contributed by atoms with van der Waals surface area (Å²) < 4.78 is 21.4. The number of ether oxygens (including phenoxy) is 1. The number of hydrogen-bond donors (Lipinski definition) is 2. The number of carbonyl (C=O) groups excluding carboxylic acids is 2. The van der Waals surface area contributed by atoms with Gasteiger partial charge in [-0.15, -0.1) is 0 Å². The number of esters is 1. The number of cyclic esters (lactones) is 1. The van der Waals surface area contributed by atoms with Crippen molar-refractivity contribution < 1.29 is 23.8 Å². The molecule has 1 aromatic carbocycles. The molecule has 0 radical (unpaired) electrons. The smallest absolute Gasteiger partial charge is 0.343 e. The number of aliphatic hydroxyl groups is 1.